The van der Waals surface area contributed by atoms with E-state index in [0.29, 0.717) is 23.7 Å². The minimum Gasteiger partial charge on any atom is -0.388 e. The van der Waals surface area contributed by atoms with Gasteiger partial charge in [-0.2, -0.15) is 0 Å². The average molecular weight is 201 g/mol. The van der Waals surface area contributed by atoms with Crippen molar-refractivity contribution in [1.29, 1.82) is 0 Å². The van der Waals surface area contributed by atoms with Gasteiger partial charge in [0.25, 0.3) is 0 Å². The van der Waals surface area contributed by atoms with E-state index < -0.39 is 6.10 Å². The van der Waals surface area contributed by atoms with Crippen molar-refractivity contribution in [2.45, 2.75) is 18.9 Å². The highest BCUT2D eigenvalue weighted by Crippen LogP contribution is 2.21. The van der Waals surface area contributed by atoms with Crippen LogP contribution in [-0.4, -0.2) is 16.0 Å². The number of aromatic nitrogens is 1. The minimum atomic E-state index is -0.549. The number of hydrogen-bond donors (Lipinski definition) is 2. The largest absolute Gasteiger partial charge is 0.388 e. The molecule has 0 aliphatic heterocycles. The number of alkyl halides is 1. The van der Waals surface area contributed by atoms with E-state index in [0.717, 1.165) is 6.42 Å². The summed E-state index contributed by atoms with van der Waals surface area (Å²) in [6.45, 7) is 0. The third-order valence-corrected chi connectivity index (χ3v) is 2.11. The van der Waals surface area contributed by atoms with Crippen LogP contribution in [0.15, 0.2) is 18.3 Å². The van der Waals surface area contributed by atoms with Crippen LogP contribution in [0.1, 0.15) is 24.5 Å². The van der Waals surface area contributed by atoms with Crippen LogP contribution in [0.2, 0.25) is 0 Å². The van der Waals surface area contributed by atoms with E-state index in [-0.39, 0.29) is 0 Å². The first-order chi connectivity index (χ1) is 6.25. The Bertz CT molecular complexity index is 268. The van der Waals surface area contributed by atoms with Crippen LogP contribution in [0.5, 0.6) is 0 Å². The number of aliphatic hydroxyl groups is 1. The predicted octanol–water partition coefficient (Wildman–Crippen LogP) is 1.72. The third-order valence-electron chi connectivity index (χ3n) is 1.84. The maximum absolute atomic E-state index is 9.65. The number of aliphatic hydroxyl groups excluding tert-OH is 1. The monoisotopic (exact) mass is 200 g/mol. The first-order valence-corrected chi connectivity index (χ1v) is 4.73. The molecule has 0 aliphatic rings. The lowest BCUT2D eigenvalue weighted by molar-refractivity contribution is 0.167. The summed E-state index contributed by atoms with van der Waals surface area (Å²) in [7, 11) is 0. The number of anilines is 1. The van der Waals surface area contributed by atoms with E-state index in [1.165, 1.54) is 0 Å². The van der Waals surface area contributed by atoms with E-state index in [2.05, 4.69) is 4.98 Å². The van der Waals surface area contributed by atoms with Crippen molar-refractivity contribution >= 4 is 17.4 Å². The van der Waals surface area contributed by atoms with E-state index in [4.69, 9.17) is 17.3 Å². The maximum Gasteiger partial charge on any atom is 0.129 e. The Morgan fingerprint density at radius 2 is 2.38 bits per heavy atom. The summed E-state index contributed by atoms with van der Waals surface area (Å²) in [6.07, 6.45) is 2.45. The fourth-order valence-corrected chi connectivity index (χ4v) is 1.29. The number of nitrogen functional groups attached to an aromatic ring is 1. The fourth-order valence-electron chi connectivity index (χ4n) is 1.14. The molecular formula is C9H13ClN2O. The van der Waals surface area contributed by atoms with Gasteiger partial charge in [0.05, 0.1) is 6.10 Å². The van der Waals surface area contributed by atoms with Crippen LogP contribution in [0.3, 0.4) is 0 Å². The molecule has 0 amide bonds. The van der Waals surface area contributed by atoms with Gasteiger partial charge in [-0.3, -0.25) is 0 Å². The Kier molecular flexibility index (Phi) is 3.99. The van der Waals surface area contributed by atoms with Crippen molar-refractivity contribution in [2.24, 2.45) is 0 Å². The molecule has 1 aromatic rings. The van der Waals surface area contributed by atoms with E-state index >= 15 is 0 Å². The second-order valence-corrected chi connectivity index (χ2v) is 3.20. The van der Waals surface area contributed by atoms with Gasteiger partial charge >= 0.3 is 0 Å². The molecule has 0 aromatic carbocycles. The summed E-state index contributed by atoms with van der Waals surface area (Å²) in [5.74, 6) is 0.946. The zero-order valence-electron chi connectivity index (χ0n) is 7.28. The van der Waals surface area contributed by atoms with Gasteiger partial charge in [-0.15, -0.1) is 11.6 Å². The summed E-state index contributed by atoms with van der Waals surface area (Å²) >= 11 is 5.51. The molecule has 1 atom stereocenters. The molecule has 0 radical (unpaired) electrons. The third kappa shape index (κ3) is 2.86. The molecule has 1 heterocycles. The first-order valence-electron chi connectivity index (χ1n) is 4.20. The number of rotatable bonds is 4. The van der Waals surface area contributed by atoms with Crippen molar-refractivity contribution in [3.63, 3.8) is 0 Å². The molecule has 72 valence electrons. The summed E-state index contributed by atoms with van der Waals surface area (Å²) in [4.78, 5) is 3.89. The zero-order valence-corrected chi connectivity index (χ0v) is 8.04. The Morgan fingerprint density at radius 1 is 1.62 bits per heavy atom. The molecule has 1 rings (SSSR count). The van der Waals surface area contributed by atoms with Gasteiger partial charge in [-0.25, -0.2) is 4.98 Å². The smallest absolute Gasteiger partial charge is 0.129 e. The number of nitrogens with zero attached hydrogens (tertiary/aromatic N) is 1. The first kappa shape index (κ1) is 10.3. The standard InChI is InChI=1S/C9H13ClN2O/c10-5-1-4-8(13)7-3-2-6-12-9(7)11/h2-3,6,8,13H,1,4-5H2,(H2,11,12). The van der Waals surface area contributed by atoms with Crippen molar-refractivity contribution < 1.29 is 5.11 Å². The highest BCUT2D eigenvalue weighted by Gasteiger charge is 2.10. The highest BCUT2D eigenvalue weighted by molar-refractivity contribution is 6.17. The molecule has 0 spiro atoms. The molecular weight excluding hydrogens is 188 g/mol. The molecule has 0 bridgehead atoms. The second-order valence-electron chi connectivity index (χ2n) is 2.82. The lowest BCUT2D eigenvalue weighted by Crippen LogP contribution is -2.03. The quantitative estimate of drug-likeness (QED) is 0.728. The topological polar surface area (TPSA) is 59.1 Å². The van der Waals surface area contributed by atoms with Gasteiger partial charge in [0.1, 0.15) is 5.82 Å². The summed E-state index contributed by atoms with van der Waals surface area (Å²) in [5.41, 5.74) is 6.28. The van der Waals surface area contributed by atoms with Crippen LogP contribution in [0.25, 0.3) is 0 Å². The van der Waals surface area contributed by atoms with Gasteiger partial charge in [-0.1, -0.05) is 6.07 Å². The number of nitrogens with two attached hydrogens (primary N) is 1. The number of halogens is 1. The Labute approximate surface area is 82.5 Å². The molecule has 4 heteroatoms. The van der Waals surface area contributed by atoms with Gasteiger partial charge in [-0.05, 0) is 18.9 Å². The maximum atomic E-state index is 9.65. The SMILES string of the molecule is Nc1ncccc1C(O)CCCCl. The molecule has 13 heavy (non-hydrogen) atoms. The lowest BCUT2D eigenvalue weighted by Gasteiger charge is -2.11. The summed E-state index contributed by atoms with van der Waals surface area (Å²) in [5, 5.41) is 9.65. The van der Waals surface area contributed by atoms with Crippen molar-refractivity contribution in [3.05, 3.63) is 23.9 Å². The average Bonchev–Trinajstić information content (AvgIpc) is 2.15. The molecule has 1 unspecified atom stereocenters. The molecule has 3 nitrogen and oxygen atoms in total. The molecule has 0 fully saturated rings. The predicted molar refractivity (Wildman–Crippen MR) is 53.6 cm³/mol. The fraction of sp³-hybridized carbons (Fsp3) is 0.444. The van der Waals surface area contributed by atoms with Crippen LogP contribution in [0.4, 0.5) is 5.82 Å². The molecule has 0 saturated carbocycles. The van der Waals surface area contributed by atoms with E-state index in [9.17, 15) is 5.11 Å². The molecule has 0 saturated heterocycles. The van der Waals surface area contributed by atoms with Gasteiger partial charge in [0.2, 0.25) is 0 Å². The van der Waals surface area contributed by atoms with Crippen LogP contribution < -0.4 is 5.73 Å². The van der Waals surface area contributed by atoms with Crippen LogP contribution in [-0.2, 0) is 0 Å². The van der Waals surface area contributed by atoms with Gasteiger partial charge < -0.3 is 10.8 Å². The van der Waals surface area contributed by atoms with Gasteiger partial charge in [0.15, 0.2) is 0 Å². The van der Waals surface area contributed by atoms with Crippen molar-refractivity contribution in [3.8, 4) is 0 Å². The Morgan fingerprint density at radius 3 is 3.00 bits per heavy atom. The minimum absolute atomic E-state index is 0.393. The summed E-state index contributed by atoms with van der Waals surface area (Å²) in [6, 6.07) is 3.54. The highest BCUT2D eigenvalue weighted by atomic mass is 35.5. The molecule has 0 aliphatic carbocycles. The number of pyridine rings is 1. The zero-order chi connectivity index (χ0) is 9.68. The Hall–Kier alpha value is -0.800. The lowest BCUT2D eigenvalue weighted by atomic mass is 10.1. The van der Waals surface area contributed by atoms with Crippen LogP contribution in [0, 0.1) is 0 Å². The Balaban J connectivity index is 2.65. The van der Waals surface area contributed by atoms with Crippen LogP contribution >= 0.6 is 11.6 Å². The molecule has 1 aromatic heterocycles. The van der Waals surface area contributed by atoms with E-state index in [1.807, 2.05) is 0 Å². The van der Waals surface area contributed by atoms with Crippen molar-refractivity contribution in [1.82, 2.24) is 4.98 Å². The second kappa shape index (κ2) is 5.04. The molecule has 3 N–H and O–H groups in total. The number of hydrogen-bond acceptors (Lipinski definition) is 3. The normalized spacial score (nSPS) is 12.8. The van der Waals surface area contributed by atoms with Gasteiger partial charge in [0, 0.05) is 17.6 Å². The van der Waals surface area contributed by atoms with E-state index in [1.54, 1.807) is 18.3 Å². The summed E-state index contributed by atoms with van der Waals surface area (Å²) < 4.78 is 0. The van der Waals surface area contributed by atoms with Crippen molar-refractivity contribution in [2.75, 3.05) is 11.6 Å².